The van der Waals surface area contributed by atoms with Crippen LogP contribution in [0.15, 0.2) is 35.2 Å². The van der Waals surface area contributed by atoms with Gasteiger partial charge in [0.15, 0.2) is 0 Å². The second-order valence-electron chi connectivity index (χ2n) is 6.06. The number of carbonyl (C=O) groups is 1. The smallest absolute Gasteiger partial charge is 0.245 e. The lowest BCUT2D eigenvalue weighted by atomic mass is 9.97. The summed E-state index contributed by atoms with van der Waals surface area (Å²) in [5.74, 6) is 0.158. The fourth-order valence-electron chi connectivity index (χ4n) is 2.98. The molecular weight excluding hydrogens is 431 g/mol. The zero-order chi connectivity index (χ0) is 19.6. The maximum Gasteiger partial charge on any atom is 0.245 e. The first-order valence-electron chi connectivity index (χ1n) is 8.22. The van der Waals surface area contributed by atoms with Gasteiger partial charge in [0, 0.05) is 19.0 Å². The number of rotatable bonds is 5. The van der Waals surface area contributed by atoms with Crippen molar-refractivity contribution >= 4 is 56.2 Å². The summed E-state index contributed by atoms with van der Waals surface area (Å²) >= 11 is 12.9. The number of benzene rings is 1. The van der Waals surface area contributed by atoms with E-state index in [1.165, 1.54) is 17.5 Å². The predicted octanol–water partition coefficient (Wildman–Crippen LogP) is 4.10. The number of nitrogens with zero attached hydrogens (tertiary/aromatic N) is 1. The van der Waals surface area contributed by atoms with E-state index in [2.05, 4.69) is 5.32 Å². The molecule has 146 valence electrons. The molecule has 0 spiro atoms. The van der Waals surface area contributed by atoms with Gasteiger partial charge in [-0.25, -0.2) is 8.42 Å². The van der Waals surface area contributed by atoms with Crippen LogP contribution in [-0.4, -0.2) is 38.8 Å². The molecule has 1 fully saturated rings. The number of thiophene rings is 1. The molecule has 6 nitrogen and oxygen atoms in total. The molecule has 0 atom stereocenters. The Balaban J connectivity index is 1.65. The molecule has 3 rings (SSSR count). The molecule has 0 radical (unpaired) electrons. The largest absolute Gasteiger partial charge is 0.495 e. The first-order valence-corrected chi connectivity index (χ1v) is 11.2. The highest BCUT2D eigenvalue weighted by molar-refractivity contribution is 7.89. The SMILES string of the molecule is COc1ccccc1NC(=O)C1CCN(S(=O)(=O)c2cc(Cl)sc2Cl)CC1. The van der Waals surface area contributed by atoms with Gasteiger partial charge in [-0.3, -0.25) is 4.79 Å². The standard InChI is InChI=1S/C17H18Cl2N2O4S2/c1-25-13-5-3-2-4-12(13)20-17(22)11-6-8-21(9-7-11)27(23,24)14-10-15(18)26-16(14)19/h2-5,10-11H,6-9H2,1H3,(H,20,22). The molecule has 0 unspecified atom stereocenters. The van der Waals surface area contributed by atoms with E-state index >= 15 is 0 Å². The number of amides is 1. The number of sulfonamides is 1. The van der Waals surface area contributed by atoms with E-state index in [9.17, 15) is 13.2 Å². The Morgan fingerprint density at radius 3 is 2.52 bits per heavy atom. The summed E-state index contributed by atoms with van der Waals surface area (Å²) in [6.07, 6.45) is 0.853. The van der Waals surface area contributed by atoms with Crippen molar-refractivity contribution in [3.05, 3.63) is 39.0 Å². The van der Waals surface area contributed by atoms with E-state index in [1.54, 1.807) is 12.1 Å². The summed E-state index contributed by atoms with van der Waals surface area (Å²) in [5.41, 5.74) is 0.597. The molecule has 1 saturated heterocycles. The average molecular weight is 449 g/mol. The minimum absolute atomic E-state index is 0.0242. The number of ether oxygens (including phenoxy) is 1. The highest BCUT2D eigenvalue weighted by Crippen LogP contribution is 2.37. The van der Waals surface area contributed by atoms with E-state index in [0.717, 1.165) is 11.3 Å². The summed E-state index contributed by atoms with van der Waals surface area (Å²) in [7, 11) is -2.18. The monoisotopic (exact) mass is 448 g/mol. The number of halogens is 2. The molecule has 1 aliphatic rings. The van der Waals surface area contributed by atoms with Crippen LogP contribution in [0.2, 0.25) is 8.67 Å². The van der Waals surface area contributed by atoms with Gasteiger partial charge in [0.25, 0.3) is 0 Å². The number of para-hydroxylation sites is 2. The Hall–Kier alpha value is -1.32. The number of carbonyl (C=O) groups excluding carboxylic acids is 1. The van der Waals surface area contributed by atoms with Crippen LogP contribution in [0.3, 0.4) is 0 Å². The second kappa shape index (κ2) is 8.36. The van der Waals surface area contributed by atoms with Crippen LogP contribution in [0, 0.1) is 5.92 Å². The molecule has 2 aromatic rings. The quantitative estimate of drug-likeness (QED) is 0.746. The van der Waals surface area contributed by atoms with Crippen molar-refractivity contribution in [1.82, 2.24) is 4.31 Å². The van der Waals surface area contributed by atoms with Gasteiger partial charge in [-0.1, -0.05) is 35.3 Å². The summed E-state index contributed by atoms with van der Waals surface area (Å²) in [5, 5.41) is 2.86. The number of piperidine rings is 1. The third-order valence-corrected chi connectivity index (χ3v) is 8.08. The van der Waals surface area contributed by atoms with E-state index in [1.807, 2.05) is 12.1 Å². The second-order valence-corrected chi connectivity index (χ2v) is 10.2. The van der Waals surface area contributed by atoms with Gasteiger partial charge in [-0.2, -0.15) is 4.31 Å². The van der Waals surface area contributed by atoms with Gasteiger partial charge in [-0.05, 0) is 31.0 Å². The summed E-state index contributed by atoms with van der Waals surface area (Å²) in [4.78, 5) is 12.6. The molecule has 10 heteroatoms. The van der Waals surface area contributed by atoms with Crippen LogP contribution >= 0.6 is 34.5 Å². The first kappa shape index (κ1) is 20.4. The Morgan fingerprint density at radius 2 is 1.93 bits per heavy atom. The predicted molar refractivity (Wildman–Crippen MR) is 107 cm³/mol. The first-order chi connectivity index (χ1) is 12.8. The van der Waals surface area contributed by atoms with E-state index in [0.29, 0.717) is 28.6 Å². The Bertz CT molecular complexity index is 938. The molecule has 2 heterocycles. The topological polar surface area (TPSA) is 75.7 Å². The normalized spacial score (nSPS) is 16.3. The van der Waals surface area contributed by atoms with Gasteiger partial charge in [-0.15, -0.1) is 11.3 Å². The molecule has 1 amide bonds. The third-order valence-electron chi connectivity index (χ3n) is 4.43. The molecule has 1 N–H and O–H groups in total. The van der Waals surface area contributed by atoms with Crippen molar-refractivity contribution in [2.45, 2.75) is 17.7 Å². The number of methoxy groups -OCH3 is 1. The fraction of sp³-hybridized carbons (Fsp3) is 0.353. The van der Waals surface area contributed by atoms with Crippen molar-refractivity contribution in [1.29, 1.82) is 0 Å². The molecule has 1 aromatic heterocycles. The molecule has 0 bridgehead atoms. The van der Waals surface area contributed by atoms with Crippen molar-refractivity contribution in [2.75, 3.05) is 25.5 Å². The van der Waals surface area contributed by atoms with E-state index in [4.69, 9.17) is 27.9 Å². The minimum atomic E-state index is -3.71. The Labute approximate surface area is 172 Å². The number of hydrogen-bond acceptors (Lipinski definition) is 5. The Kier molecular flexibility index (Phi) is 6.32. The minimum Gasteiger partial charge on any atom is -0.495 e. The van der Waals surface area contributed by atoms with Crippen LogP contribution in [0.1, 0.15) is 12.8 Å². The van der Waals surface area contributed by atoms with Gasteiger partial charge in [0.05, 0.1) is 17.1 Å². The van der Waals surface area contributed by atoms with Crippen LogP contribution in [0.5, 0.6) is 5.75 Å². The highest BCUT2D eigenvalue weighted by Gasteiger charge is 2.34. The van der Waals surface area contributed by atoms with Crippen molar-refractivity contribution in [2.24, 2.45) is 5.92 Å². The summed E-state index contributed by atoms with van der Waals surface area (Å²) < 4.78 is 32.5. The van der Waals surface area contributed by atoms with Gasteiger partial charge < -0.3 is 10.1 Å². The van der Waals surface area contributed by atoms with Crippen LogP contribution in [-0.2, 0) is 14.8 Å². The van der Waals surface area contributed by atoms with Gasteiger partial charge in [0.2, 0.25) is 15.9 Å². The molecule has 27 heavy (non-hydrogen) atoms. The molecule has 1 aliphatic heterocycles. The van der Waals surface area contributed by atoms with E-state index < -0.39 is 10.0 Å². The number of anilines is 1. The van der Waals surface area contributed by atoms with Crippen molar-refractivity contribution in [3.63, 3.8) is 0 Å². The van der Waals surface area contributed by atoms with Gasteiger partial charge >= 0.3 is 0 Å². The highest BCUT2D eigenvalue weighted by atomic mass is 35.5. The molecule has 0 aliphatic carbocycles. The number of hydrogen-bond donors (Lipinski definition) is 1. The molecular formula is C17H18Cl2N2O4S2. The lowest BCUT2D eigenvalue weighted by Gasteiger charge is -2.30. The maximum atomic E-state index is 12.7. The molecule has 0 saturated carbocycles. The lowest BCUT2D eigenvalue weighted by molar-refractivity contribution is -0.120. The van der Waals surface area contributed by atoms with Crippen molar-refractivity contribution < 1.29 is 17.9 Å². The van der Waals surface area contributed by atoms with Crippen LogP contribution in [0.4, 0.5) is 5.69 Å². The zero-order valence-corrected chi connectivity index (χ0v) is 17.6. The Morgan fingerprint density at radius 1 is 1.26 bits per heavy atom. The lowest BCUT2D eigenvalue weighted by Crippen LogP contribution is -2.41. The maximum absolute atomic E-state index is 12.7. The molecule has 1 aromatic carbocycles. The average Bonchev–Trinajstić information content (AvgIpc) is 3.01. The summed E-state index contributed by atoms with van der Waals surface area (Å²) in [6.45, 7) is 0.492. The summed E-state index contributed by atoms with van der Waals surface area (Å²) in [6, 6.07) is 8.52. The fourth-order valence-corrected chi connectivity index (χ4v) is 6.56. The zero-order valence-electron chi connectivity index (χ0n) is 14.4. The van der Waals surface area contributed by atoms with Gasteiger partial charge in [0.1, 0.15) is 15.0 Å². The van der Waals surface area contributed by atoms with Crippen LogP contribution in [0.25, 0.3) is 0 Å². The van der Waals surface area contributed by atoms with Crippen molar-refractivity contribution in [3.8, 4) is 5.75 Å². The van der Waals surface area contributed by atoms with E-state index in [-0.39, 0.29) is 34.1 Å². The number of nitrogens with one attached hydrogen (secondary N) is 1. The van der Waals surface area contributed by atoms with Crippen LogP contribution < -0.4 is 10.1 Å². The third kappa shape index (κ3) is 4.41.